The number of hydrogen-bond acceptors (Lipinski definition) is 3. The molecule has 3 rings (SSSR count). The van der Waals surface area contributed by atoms with Crippen molar-refractivity contribution in [2.75, 3.05) is 31.2 Å². The summed E-state index contributed by atoms with van der Waals surface area (Å²) in [6.45, 7) is 3.44. The lowest BCUT2D eigenvalue weighted by Gasteiger charge is -2.48. The minimum Gasteiger partial charge on any atom is -0.380 e. The molecule has 0 aliphatic carbocycles. The van der Waals surface area contributed by atoms with E-state index in [9.17, 15) is 4.79 Å². The minimum absolute atomic E-state index is 0.0636. The fourth-order valence-corrected chi connectivity index (χ4v) is 2.83. The lowest BCUT2D eigenvalue weighted by Crippen LogP contribution is -2.55. The van der Waals surface area contributed by atoms with Crippen molar-refractivity contribution in [1.29, 1.82) is 0 Å². The van der Waals surface area contributed by atoms with Crippen molar-refractivity contribution in [3.63, 3.8) is 0 Å². The number of aromatic amines is 1. The molecule has 4 heteroatoms. The van der Waals surface area contributed by atoms with E-state index in [2.05, 4.69) is 15.8 Å². The first-order chi connectivity index (χ1) is 8.72. The lowest BCUT2D eigenvalue weighted by atomic mass is 9.78. The van der Waals surface area contributed by atoms with Crippen molar-refractivity contribution in [2.45, 2.75) is 12.8 Å². The van der Waals surface area contributed by atoms with Crippen LogP contribution in [0.5, 0.6) is 0 Å². The van der Waals surface area contributed by atoms with E-state index in [0.717, 1.165) is 32.7 Å². The van der Waals surface area contributed by atoms with Gasteiger partial charge in [-0.1, -0.05) is 5.92 Å². The normalized spacial score (nSPS) is 21.4. The van der Waals surface area contributed by atoms with Gasteiger partial charge in [0, 0.05) is 30.3 Å². The molecule has 2 aliphatic heterocycles. The molecule has 0 atom stereocenters. The summed E-state index contributed by atoms with van der Waals surface area (Å²) < 4.78 is 5.33. The third-order valence-corrected chi connectivity index (χ3v) is 3.87. The number of nitrogens with one attached hydrogen (secondary N) is 1. The van der Waals surface area contributed by atoms with Crippen LogP contribution in [0.15, 0.2) is 17.1 Å². The van der Waals surface area contributed by atoms with Gasteiger partial charge in [-0.05, 0) is 18.9 Å². The zero-order valence-corrected chi connectivity index (χ0v) is 10.2. The summed E-state index contributed by atoms with van der Waals surface area (Å²) >= 11 is 0. The van der Waals surface area contributed by atoms with E-state index in [1.807, 2.05) is 0 Å². The molecule has 0 amide bonds. The van der Waals surface area contributed by atoms with Gasteiger partial charge in [-0.3, -0.25) is 4.79 Å². The quantitative estimate of drug-likeness (QED) is 0.749. The third kappa shape index (κ3) is 1.81. The van der Waals surface area contributed by atoms with Gasteiger partial charge in [-0.15, -0.1) is 6.42 Å². The Hall–Kier alpha value is -1.73. The van der Waals surface area contributed by atoms with Gasteiger partial charge in [0.15, 0.2) is 0 Å². The van der Waals surface area contributed by atoms with Gasteiger partial charge in [0.05, 0.1) is 13.2 Å². The molecule has 94 valence electrons. The fraction of sp³-hybridized carbons (Fsp3) is 0.500. The van der Waals surface area contributed by atoms with Crippen LogP contribution in [0.3, 0.4) is 0 Å². The molecule has 0 bridgehead atoms. The number of aromatic nitrogens is 1. The summed E-state index contributed by atoms with van der Waals surface area (Å²) in [7, 11) is 0. The molecule has 2 saturated heterocycles. The number of hydrogen-bond donors (Lipinski definition) is 1. The van der Waals surface area contributed by atoms with Crippen molar-refractivity contribution in [2.24, 2.45) is 5.41 Å². The first-order valence-electron chi connectivity index (χ1n) is 6.25. The number of H-pyrrole nitrogens is 1. The second-order valence-electron chi connectivity index (χ2n) is 5.26. The molecule has 18 heavy (non-hydrogen) atoms. The van der Waals surface area contributed by atoms with E-state index in [0.29, 0.717) is 11.3 Å². The van der Waals surface area contributed by atoms with Crippen LogP contribution in [0.25, 0.3) is 0 Å². The van der Waals surface area contributed by atoms with Crippen LogP contribution in [0.4, 0.5) is 5.69 Å². The largest absolute Gasteiger partial charge is 0.380 e. The molecule has 1 spiro atoms. The highest BCUT2D eigenvalue weighted by atomic mass is 16.5. The third-order valence-electron chi connectivity index (χ3n) is 3.87. The number of rotatable bonds is 1. The number of terminal acetylenes is 1. The van der Waals surface area contributed by atoms with Gasteiger partial charge in [0.1, 0.15) is 5.69 Å². The smallest absolute Gasteiger partial charge is 0.271 e. The van der Waals surface area contributed by atoms with Crippen molar-refractivity contribution >= 4 is 5.69 Å². The average molecular weight is 244 g/mol. The van der Waals surface area contributed by atoms with Crippen LogP contribution in [0, 0.1) is 17.8 Å². The molecule has 2 fully saturated rings. The lowest BCUT2D eigenvalue weighted by molar-refractivity contribution is -0.117. The fourth-order valence-electron chi connectivity index (χ4n) is 2.83. The highest BCUT2D eigenvalue weighted by Gasteiger charge is 2.42. The highest BCUT2D eigenvalue weighted by Crippen LogP contribution is 2.37. The molecule has 0 aromatic carbocycles. The molecular weight excluding hydrogens is 228 g/mol. The Morgan fingerprint density at radius 2 is 2.33 bits per heavy atom. The van der Waals surface area contributed by atoms with Crippen LogP contribution >= 0.6 is 0 Å². The number of ether oxygens (including phenoxy) is 1. The van der Waals surface area contributed by atoms with Gasteiger partial charge >= 0.3 is 0 Å². The summed E-state index contributed by atoms with van der Waals surface area (Å²) in [5.41, 5.74) is 1.61. The van der Waals surface area contributed by atoms with Crippen molar-refractivity contribution in [1.82, 2.24) is 4.98 Å². The van der Waals surface area contributed by atoms with Gasteiger partial charge < -0.3 is 14.6 Å². The molecule has 4 nitrogen and oxygen atoms in total. The zero-order chi connectivity index (χ0) is 12.6. The first-order valence-corrected chi connectivity index (χ1v) is 6.25. The highest BCUT2D eigenvalue weighted by molar-refractivity contribution is 5.50. The van der Waals surface area contributed by atoms with Crippen LogP contribution in [-0.2, 0) is 4.74 Å². The molecule has 0 radical (unpaired) electrons. The Balaban J connectivity index is 1.90. The molecule has 3 heterocycles. The summed E-state index contributed by atoms with van der Waals surface area (Å²) in [4.78, 5) is 16.8. The maximum Gasteiger partial charge on any atom is 0.271 e. The van der Waals surface area contributed by atoms with Crippen LogP contribution < -0.4 is 10.5 Å². The second kappa shape index (κ2) is 4.18. The SMILES string of the molecule is C#Cc1c[nH]c(=O)c(N2CCCC3(COC3)C2)c1. The molecular formula is C14H16N2O2. The summed E-state index contributed by atoms with van der Waals surface area (Å²) in [5.74, 6) is 2.56. The molecule has 1 aromatic heterocycles. The Kier molecular flexibility index (Phi) is 2.64. The van der Waals surface area contributed by atoms with Crippen molar-refractivity contribution in [3.8, 4) is 12.3 Å². The van der Waals surface area contributed by atoms with Crippen molar-refractivity contribution in [3.05, 3.63) is 28.2 Å². The van der Waals surface area contributed by atoms with E-state index in [1.54, 1.807) is 12.3 Å². The van der Waals surface area contributed by atoms with Crippen LogP contribution in [0.1, 0.15) is 18.4 Å². The summed E-state index contributed by atoms with van der Waals surface area (Å²) in [6, 6.07) is 1.80. The maximum atomic E-state index is 11.9. The number of nitrogens with zero attached hydrogens (tertiary/aromatic N) is 1. The minimum atomic E-state index is -0.0636. The summed E-state index contributed by atoms with van der Waals surface area (Å²) in [6.07, 6.45) is 9.25. The molecule has 2 aliphatic rings. The van der Waals surface area contributed by atoms with Gasteiger partial charge in [-0.2, -0.15) is 0 Å². The monoisotopic (exact) mass is 244 g/mol. The Morgan fingerprint density at radius 3 is 3.00 bits per heavy atom. The zero-order valence-electron chi connectivity index (χ0n) is 10.2. The standard InChI is InChI=1S/C14H16N2O2/c1-2-11-6-12(13(17)15-7-11)16-5-3-4-14(8-16)9-18-10-14/h1,6-7H,3-5,8-10H2,(H,15,17). The Morgan fingerprint density at radius 1 is 1.50 bits per heavy atom. The number of anilines is 1. The van der Waals surface area contributed by atoms with E-state index >= 15 is 0 Å². The van der Waals surface area contributed by atoms with E-state index in [1.165, 1.54) is 6.42 Å². The Labute approximate surface area is 106 Å². The number of pyridine rings is 1. The number of piperidine rings is 1. The average Bonchev–Trinajstić information content (AvgIpc) is 2.38. The molecule has 1 N–H and O–H groups in total. The van der Waals surface area contributed by atoms with Gasteiger partial charge in [0.25, 0.3) is 5.56 Å². The van der Waals surface area contributed by atoms with Crippen LogP contribution in [0.2, 0.25) is 0 Å². The first kappa shape index (κ1) is 11.4. The van der Waals surface area contributed by atoms with E-state index in [4.69, 9.17) is 11.2 Å². The van der Waals surface area contributed by atoms with Gasteiger partial charge in [0.2, 0.25) is 0 Å². The van der Waals surface area contributed by atoms with Gasteiger partial charge in [-0.25, -0.2) is 0 Å². The van der Waals surface area contributed by atoms with Crippen molar-refractivity contribution < 1.29 is 4.74 Å². The van der Waals surface area contributed by atoms with E-state index < -0.39 is 0 Å². The van der Waals surface area contributed by atoms with Crippen LogP contribution in [-0.4, -0.2) is 31.3 Å². The molecule has 1 aromatic rings. The summed E-state index contributed by atoms with van der Waals surface area (Å²) in [5, 5.41) is 0. The maximum absolute atomic E-state index is 11.9. The predicted molar refractivity (Wildman–Crippen MR) is 69.7 cm³/mol. The van der Waals surface area contributed by atoms with E-state index in [-0.39, 0.29) is 11.0 Å². The predicted octanol–water partition coefficient (Wildman–Crippen LogP) is 0.973. The second-order valence-corrected chi connectivity index (χ2v) is 5.26. The molecule has 0 unspecified atom stereocenters. The Bertz CT molecular complexity index is 552. The molecule has 0 saturated carbocycles. The topological polar surface area (TPSA) is 45.3 Å².